The molecule has 0 aliphatic heterocycles. The number of aliphatic hydroxyl groups excluding tert-OH is 1. The zero-order chi connectivity index (χ0) is 13.7. The van der Waals surface area contributed by atoms with Crippen LogP contribution in [0.15, 0.2) is 12.1 Å². The number of hydrogen-bond donors (Lipinski definition) is 1. The minimum atomic E-state index is -0.579. The molecule has 0 heterocycles. The van der Waals surface area contributed by atoms with Crippen molar-refractivity contribution in [3.63, 3.8) is 0 Å². The third kappa shape index (κ3) is 2.88. The minimum Gasteiger partial charge on any atom is -0.496 e. The summed E-state index contributed by atoms with van der Waals surface area (Å²) in [7, 11) is 4.72. The van der Waals surface area contributed by atoms with E-state index < -0.39 is 6.10 Å². The molecule has 102 valence electrons. The van der Waals surface area contributed by atoms with Gasteiger partial charge in [-0.25, -0.2) is 0 Å². The quantitative estimate of drug-likeness (QED) is 0.848. The second kappa shape index (κ2) is 6.50. The molecule has 4 nitrogen and oxygen atoms in total. The lowest BCUT2D eigenvalue weighted by atomic mass is 9.94. The average molecular weight is 254 g/mol. The monoisotopic (exact) mass is 254 g/mol. The summed E-state index contributed by atoms with van der Waals surface area (Å²) in [5, 5.41) is 10.3. The van der Waals surface area contributed by atoms with Gasteiger partial charge in [-0.3, -0.25) is 0 Å². The van der Waals surface area contributed by atoms with E-state index in [2.05, 4.69) is 0 Å². The molecule has 0 aliphatic carbocycles. The van der Waals surface area contributed by atoms with Gasteiger partial charge < -0.3 is 19.3 Å². The van der Waals surface area contributed by atoms with E-state index in [1.54, 1.807) is 33.5 Å². The van der Waals surface area contributed by atoms with E-state index in [1.807, 2.05) is 13.8 Å². The smallest absolute Gasteiger partial charge is 0.164 e. The number of hydrogen-bond acceptors (Lipinski definition) is 4. The van der Waals surface area contributed by atoms with Crippen LogP contribution in [0.5, 0.6) is 17.2 Å². The van der Waals surface area contributed by atoms with Gasteiger partial charge in [0.05, 0.1) is 27.4 Å². The summed E-state index contributed by atoms with van der Waals surface area (Å²) in [6, 6.07) is 3.51. The molecule has 1 rings (SSSR count). The van der Waals surface area contributed by atoms with Gasteiger partial charge in [0.1, 0.15) is 5.75 Å². The first kappa shape index (κ1) is 14.6. The van der Waals surface area contributed by atoms with Crippen LogP contribution in [-0.4, -0.2) is 26.4 Å². The van der Waals surface area contributed by atoms with Gasteiger partial charge >= 0.3 is 0 Å². The van der Waals surface area contributed by atoms with Crippen LogP contribution in [0.3, 0.4) is 0 Å². The first-order valence-corrected chi connectivity index (χ1v) is 6.06. The molecule has 0 aromatic heterocycles. The molecule has 18 heavy (non-hydrogen) atoms. The van der Waals surface area contributed by atoms with Crippen molar-refractivity contribution in [3.05, 3.63) is 17.7 Å². The van der Waals surface area contributed by atoms with Gasteiger partial charge in [-0.1, -0.05) is 20.3 Å². The van der Waals surface area contributed by atoms with E-state index in [0.29, 0.717) is 17.2 Å². The molecule has 0 fully saturated rings. The van der Waals surface area contributed by atoms with E-state index >= 15 is 0 Å². The maximum Gasteiger partial charge on any atom is 0.164 e. The highest BCUT2D eigenvalue weighted by Crippen LogP contribution is 2.39. The molecule has 4 heteroatoms. The van der Waals surface area contributed by atoms with Crippen molar-refractivity contribution in [3.8, 4) is 17.2 Å². The minimum absolute atomic E-state index is 0.150. The Labute approximate surface area is 108 Å². The van der Waals surface area contributed by atoms with Crippen molar-refractivity contribution in [1.82, 2.24) is 0 Å². The predicted octanol–water partition coefficient (Wildman–Crippen LogP) is 2.79. The predicted molar refractivity (Wildman–Crippen MR) is 70.5 cm³/mol. The van der Waals surface area contributed by atoms with Gasteiger partial charge in [0.25, 0.3) is 0 Å². The highest BCUT2D eigenvalue weighted by Gasteiger charge is 2.21. The number of aliphatic hydroxyl groups is 1. The van der Waals surface area contributed by atoms with Gasteiger partial charge in [0, 0.05) is 11.6 Å². The molecule has 2 atom stereocenters. The molecule has 1 aromatic carbocycles. The number of methoxy groups -OCH3 is 3. The van der Waals surface area contributed by atoms with Crippen molar-refractivity contribution in [2.45, 2.75) is 26.4 Å². The Morgan fingerprint density at radius 2 is 1.50 bits per heavy atom. The van der Waals surface area contributed by atoms with E-state index in [0.717, 1.165) is 12.0 Å². The Morgan fingerprint density at radius 1 is 1.00 bits per heavy atom. The topological polar surface area (TPSA) is 47.9 Å². The largest absolute Gasteiger partial charge is 0.496 e. The number of ether oxygens (including phenoxy) is 3. The molecule has 1 aromatic rings. The maximum absolute atomic E-state index is 10.3. The van der Waals surface area contributed by atoms with Crippen LogP contribution >= 0.6 is 0 Å². The summed E-state index contributed by atoms with van der Waals surface area (Å²) in [5.74, 6) is 1.95. The molecule has 0 amide bonds. The van der Waals surface area contributed by atoms with Crippen LogP contribution in [0.2, 0.25) is 0 Å². The SMILES string of the molecule is CCC(C)C(O)c1cc(OC)c(OC)cc1OC. The lowest BCUT2D eigenvalue weighted by molar-refractivity contribution is 0.112. The standard InChI is InChI=1S/C14H22O4/c1-6-9(2)14(15)10-7-12(17-4)13(18-5)8-11(10)16-3/h7-9,14-15H,6H2,1-5H3. The van der Waals surface area contributed by atoms with E-state index in [9.17, 15) is 5.11 Å². The Balaban J connectivity index is 3.24. The first-order chi connectivity index (χ1) is 8.58. The fraction of sp³-hybridized carbons (Fsp3) is 0.571. The molecule has 0 saturated carbocycles. The number of rotatable bonds is 6. The Bertz CT molecular complexity index is 390. The molecule has 2 unspecified atom stereocenters. The van der Waals surface area contributed by atoms with Crippen LogP contribution in [0, 0.1) is 5.92 Å². The van der Waals surface area contributed by atoms with Gasteiger partial charge in [0.2, 0.25) is 0 Å². The zero-order valence-electron chi connectivity index (χ0n) is 11.7. The second-order valence-electron chi connectivity index (χ2n) is 4.28. The van der Waals surface area contributed by atoms with E-state index in [4.69, 9.17) is 14.2 Å². The lowest BCUT2D eigenvalue weighted by Crippen LogP contribution is -2.10. The van der Waals surface area contributed by atoms with Crippen LogP contribution < -0.4 is 14.2 Å². The fourth-order valence-corrected chi connectivity index (χ4v) is 1.81. The van der Waals surface area contributed by atoms with Crippen molar-refractivity contribution in [1.29, 1.82) is 0 Å². The van der Waals surface area contributed by atoms with Crippen LogP contribution in [0.4, 0.5) is 0 Å². The molecule has 0 spiro atoms. The second-order valence-corrected chi connectivity index (χ2v) is 4.28. The summed E-state index contributed by atoms with van der Waals surface area (Å²) < 4.78 is 15.8. The van der Waals surface area contributed by atoms with E-state index in [1.165, 1.54) is 0 Å². The van der Waals surface area contributed by atoms with Crippen molar-refractivity contribution in [2.24, 2.45) is 5.92 Å². The summed E-state index contributed by atoms with van der Waals surface area (Å²) >= 11 is 0. The van der Waals surface area contributed by atoms with Crippen molar-refractivity contribution >= 4 is 0 Å². The molecule has 0 radical (unpaired) electrons. The zero-order valence-corrected chi connectivity index (χ0v) is 11.7. The number of benzene rings is 1. The van der Waals surface area contributed by atoms with Crippen LogP contribution in [0.1, 0.15) is 31.9 Å². The molecule has 0 aliphatic rings. The highest BCUT2D eigenvalue weighted by molar-refractivity contribution is 5.51. The van der Waals surface area contributed by atoms with Crippen molar-refractivity contribution < 1.29 is 19.3 Å². The first-order valence-electron chi connectivity index (χ1n) is 6.06. The maximum atomic E-state index is 10.3. The fourth-order valence-electron chi connectivity index (χ4n) is 1.81. The summed E-state index contributed by atoms with van der Waals surface area (Å²) in [6.45, 7) is 4.04. The third-order valence-corrected chi connectivity index (χ3v) is 3.24. The van der Waals surface area contributed by atoms with Gasteiger partial charge in [-0.2, -0.15) is 0 Å². The Morgan fingerprint density at radius 3 is 1.94 bits per heavy atom. The average Bonchev–Trinajstić information content (AvgIpc) is 2.43. The van der Waals surface area contributed by atoms with Crippen LogP contribution in [0.25, 0.3) is 0 Å². The van der Waals surface area contributed by atoms with Gasteiger partial charge in [-0.05, 0) is 12.0 Å². The Kier molecular flexibility index (Phi) is 5.28. The Hall–Kier alpha value is -1.42. The normalized spacial score (nSPS) is 13.9. The highest BCUT2D eigenvalue weighted by atomic mass is 16.5. The summed E-state index contributed by atoms with van der Waals surface area (Å²) in [5.41, 5.74) is 0.726. The van der Waals surface area contributed by atoms with Crippen molar-refractivity contribution in [2.75, 3.05) is 21.3 Å². The molecule has 0 saturated heterocycles. The molecular formula is C14H22O4. The van der Waals surface area contributed by atoms with Gasteiger partial charge in [-0.15, -0.1) is 0 Å². The van der Waals surface area contributed by atoms with Crippen LogP contribution in [-0.2, 0) is 0 Å². The molecule has 1 N–H and O–H groups in total. The summed E-state index contributed by atoms with van der Waals surface area (Å²) in [4.78, 5) is 0. The third-order valence-electron chi connectivity index (χ3n) is 3.24. The summed E-state index contributed by atoms with van der Waals surface area (Å²) in [6.07, 6.45) is 0.309. The lowest BCUT2D eigenvalue weighted by Gasteiger charge is -2.21. The molecular weight excluding hydrogens is 232 g/mol. The van der Waals surface area contributed by atoms with E-state index in [-0.39, 0.29) is 5.92 Å². The van der Waals surface area contributed by atoms with Gasteiger partial charge in [0.15, 0.2) is 11.5 Å². The molecule has 0 bridgehead atoms.